The Hall–Kier alpha value is -1.04. The fourth-order valence-electron chi connectivity index (χ4n) is 3.64. The van der Waals surface area contributed by atoms with Crippen molar-refractivity contribution in [2.24, 2.45) is 11.1 Å². The molecule has 2 fully saturated rings. The van der Waals surface area contributed by atoms with Gasteiger partial charge in [-0.1, -0.05) is 18.2 Å². The van der Waals surface area contributed by atoms with Crippen LogP contribution in [0.25, 0.3) is 0 Å². The van der Waals surface area contributed by atoms with E-state index in [-0.39, 0.29) is 17.8 Å². The van der Waals surface area contributed by atoms with Crippen LogP contribution >= 0.6 is 0 Å². The van der Waals surface area contributed by atoms with E-state index in [0.29, 0.717) is 18.5 Å². The summed E-state index contributed by atoms with van der Waals surface area (Å²) in [6, 6.07) is 5.98. The third-order valence-corrected chi connectivity index (χ3v) is 4.76. The van der Waals surface area contributed by atoms with Gasteiger partial charge in [0.2, 0.25) is 0 Å². The number of fused-ring (bicyclic) bond motifs is 2. The third-order valence-electron chi connectivity index (χ3n) is 4.76. The van der Waals surface area contributed by atoms with Crippen LogP contribution in [-0.2, 0) is 4.74 Å². The molecule has 1 aromatic carbocycles. The number of rotatable bonds is 4. The molecule has 3 rings (SSSR count). The first kappa shape index (κ1) is 13.9. The van der Waals surface area contributed by atoms with Gasteiger partial charge in [0.1, 0.15) is 0 Å². The van der Waals surface area contributed by atoms with Crippen molar-refractivity contribution in [3.63, 3.8) is 0 Å². The molecule has 0 spiro atoms. The van der Waals surface area contributed by atoms with Gasteiger partial charge in [-0.25, -0.2) is 8.78 Å². The third kappa shape index (κ3) is 2.05. The lowest BCUT2D eigenvalue weighted by atomic mass is 9.68. The van der Waals surface area contributed by atoms with E-state index in [1.165, 1.54) is 12.1 Å². The van der Waals surface area contributed by atoms with E-state index in [1.807, 2.05) is 0 Å². The number of hydrogen-bond donors (Lipinski definition) is 2. The van der Waals surface area contributed by atoms with Crippen LogP contribution in [0.15, 0.2) is 24.3 Å². The van der Waals surface area contributed by atoms with Crippen molar-refractivity contribution < 1.29 is 18.6 Å². The molecule has 2 bridgehead atoms. The van der Waals surface area contributed by atoms with E-state index in [4.69, 9.17) is 10.5 Å². The van der Waals surface area contributed by atoms with Gasteiger partial charge in [-0.15, -0.1) is 0 Å². The lowest BCUT2D eigenvalue weighted by Gasteiger charge is -2.38. The Morgan fingerprint density at radius 3 is 2.65 bits per heavy atom. The van der Waals surface area contributed by atoms with E-state index in [0.717, 1.165) is 12.8 Å². The first-order valence-corrected chi connectivity index (χ1v) is 6.98. The zero-order valence-corrected chi connectivity index (χ0v) is 11.1. The number of aliphatic hydroxyl groups excluding tert-OH is 1. The molecule has 4 atom stereocenters. The molecule has 0 amide bonds. The smallest absolute Gasteiger partial charge is 0.263 e. The summed E-state index contributed by atoms with van der Waals surface area (Å²) < 4.78 is 31.4. The molecule has 0 aromatic heterocycles. The summed E-state index contributed by atoms with van der Waals surface area (Å²) in [7, 11) is 0. The quantitative estimate of drug-likeness (QED) is 0.893. The average Bonchev–Trinajstić information content (AvgIpc) is 3.07. The molecule has 0 aliphatic carbocycles. The minimum atomic E-state index is -2.53. The molecule has 2 saturated heterocycles. The van der Waals surface area contributed by atoms with Crippen molar-refractivity contribution in [3.05, 3.63) is 35.4 Å². The van der Waals surface area contributed by atoms with Gasteiger partial charge in [0.05, 0.1) is 18.3 Å². The maximum Gasteiger partial charge on any atom is 0.263 e. The highest BCUT2D eigenvalue weighted by atomic mass is 19.3. The maximum atomic E-state index is 12.8. The summed E-state index contributed by atoms with van der Waals surface area (Å²) in [6.07, 6.45) is -0.731. The maximum absolute atomic E-state index is 12.8. The highest BCUT2D eigenvalue weighted by Crippen LogP contribution is 2.53. The minimum absolute atomic E-state index is 0.0669. The fraction of sp³-hybridized carbons (Fsp3) is 0.600. The second-order valence-corrected chi connectivity index (χ2v) is 5.84. The zero-order valence-electron chi connectivity index (χ0n) is 11.1. The van der Waals surface area contributed by atoms with Crippen LogP contribution in [0.5, 0.6) is 0 Å². The molecule has 3 nitrogen and oxygen atoms in total. The normalized spacial score (nSPS) is 33.9. The molecule has 5 heteroatoms. The average molecular weight is 283 g/mol. The minimum Gasteiger partial charge on any atom is -0.388 e. The molecule has 2 aliphatic rings. The van der Waals surface area contributed by atoms with Gasteiger partial charge in [0.15, 0.2) is 0 Å². The molecule has 4 unspecified atom stereocenters. The number of benzene rings is 1. The van der Waals surface area contributed by atoms with Crippen LogP contribution < -0.4 is 5.73 Å². The second kappa shape index (κ2) is 5.06. The summed E-state index contributed by atoms with van der Waals surface area (Å²) in [5, 5.41) is 10.7. The van der Waals surface area contributed by atoms with Crippen LogP contribution in [0.3, 0.4) is 0 Å². The van der Waals surface area contributed by atoms with Crippen molar-refractivity contribution in [1.29, 1.82) is 0 Å². The predicted octanol–water partition coefficient (Wildman–Crippen LogP) is 2.55. The highest BCUT2D eigenvalue weighted by molar-refractivity contribution is 5.28. The molecule has 2 heterocycles. The van der Waals surface area contributed by atoms with Crippen LogP contribution in [0.1, 0.15) is 42.9 Å². The number of aliphatic hydroxyl groups is 1. The number of nitrogens with two attached hydrogens (primary N) is 1. The Labute approximate surface area is 116 Å². The van der Waals surface area contributed by atoms with Gasteiger partial charge in [0.25, 0.3) is 6.43 Å². The number of hydrogen-bond acceptors (Lipinski definition) is 3. The summed E-state index contributed by atoms with van der Waals surface area (Å²) >= 11 is 0. The van der Waals surface area contributed by atoms with Crippen LogP contribution in [0.4, 0.5) is 8.78 Å². The SMILES string of the molecule is NCC1(C(O)c2cccc(C(F)F)c2)CC2CCC1O2. The Morgan fingerprint density at radius 1 is 1.35 bits per heavy atom. The Balaban J connectivity index is 1.91. The largest absolute Gasteiger partial charge is 0.388 e. The molecule has 20 heavy (non-hydrogen) atoms. The summed E-state index contributed by atoms with van der Waals surface area (Å²) in [5.41, 5.74) is 5.80. The monoisotopic (exact) mass is 283 g/mol. The molecular formula is C15H19F2NO2. The highest BCUT2D eigenvalue weighted by Gasteiger charge is 2.55. The molecule has 0 radical (unpaired) electrons. The Morgan fingerprint density at radius 2 is 2.10 bits per heavy atom. The van der Waals surface area contributed by atoms with E-state index in [9.17, 15) is 13.9 Å². The number of halogens is 2. The molecule has 2 aliphatic heterocycles. The van der Waals surface area contributed by atoms with Gasteiger partial charge < -0.3 is 15.6 Å². The molecule has 3 N–H and O–H groups in total. The van der Waals surface area contributed by atoms with Crippen LogP contribution in [0, 0.1) is 5.41 Å². The van der Waals surface area contributed by atoms with Gasteiger partial charge in [-0.2, -0.15) is 0 Å². The summed E-state index contributed by atoms with van der Waals surface area (Å²) in [6.45, 7) is 0.300. The molecule has 0 saturated carbocycles. The second-order valence-electron chi connectivity index (χ2n) is 5.84. The molecular weight excluding hydrogens is 264 g/mol. The van der Waals surface area contributed by atoms with Crippen LogP contribution in [0.2, 0.25) is 0 Å². The van der Waals surface area contributed by atoms with Gasteiger partial charge >= 0.3 is 0 Å². The van der Waals surface area contributed by atoms with Gasteiger partial charge in [-0.3, -0.25) is 0 Å². The van der Waals surface area contributed by atoms with E-state index >= 15 is 0 Å². The van der Waals surface area contributed by atoms with Gasteiger partial charge in [-0.05, 0) is 30.9 Å². The van der Waals surface area contributed by atoms with Crippen LogP contribution in [-0.4, -0.2) is 23.9 Å². The van der Waals surface area contributed by atoms with Gasteiger partial charge in [0, 0.05) is 17.5 Å². The van der Waals surface area contributed by atoms with E-state index < -0.39 is 17.9 Å². The summed E-state index contributed by atoms with van der Waals surface area (Å²) in [5.74, 6) is 0. The zero-order chi connectivity index (χ0) is 14.3. The topological polar surface area (TPSA) is 55.5 Å². The standard InChI is InChI=1S/C15H19F2NO2/c16-14(17)10-3-1-2-9(6-10)13(19)15(8-18)7-11-4-5-12(15)20-11/h1-3,6,11-14,19H,4-5,7-8,18H2. The Kier molecular flexibility index (Phi) is 3.52. The predicted molar refractivity (Wildman–Crippen MR) is 70.4 cm³/mol. The number of ether oxygens (including phenoxy) is 1. The van der Waals surface area contributed by atoms with Crippen molar-refractivity contribution in [3.8, 4) is 0 Å². The lowest BCUT2D eigenvalue weighted by Crippen LogP contribution is -2.44. The molecule has 110 valence electrons. The number of alkyl halides is 2. The molecule has 1 aromatic rings. The first-order chi connectivity index (χ1) is 9.56. The van der Waals surface area contributed by atoms with Crippen molar-refractivity contribution in [2.75, 3.05) is 6.54 Å². The first-order valence-electron chi connectivity index (χ1n) is 6.98. The van der Waals surface area contributed by atoms with Crippen molar-refractivity contribution in [1.82, 2.24) is 0 Å². The van der Waals surface area contributed by atoms with E-state index in [2.05, 4.69) is 0 Å². The lowest BCUT2D eigenvalue weighted by molar-refractivity contribution is -0.0265. The fourth-order valence-corrected chi connectivity index (χ4v) is 3.64. The van der Waals surface area contributed by atoms with Crippen molar-refractivity contribution >= 4 is 0 Å². The van der Waals surface area contributed by atoms with Crippen molar-refractivity contribution in [2.45, 2.75) is 44.0 Å². The Bertz CT molecular complexity index is 497. The van der Waals surface area contributed by atoms with E-state index in [1.54, 1.807) is 12.1 Å². The summed E-state index contributed by atoms with van der Waals surface area (Å²) in [4.78, 5) is 0.